The quantitative estimate of drug-likeness (QED) is 0.576. The number of rotatable bonds is 1. The van der Waals surface area contributed by atoms with Crippen molar-refractivity contribution in [3.8, 4) is 0 Å². The Kier molecular flexibility index (Phi) is 4.84. The van der Waals surface area contributed by atoms with Crippen LogP contribution in [0.3, 0.4) is 0 Å². The van der Waals surface area contributed by atoms with Crippen molar-refractivity contribution in [3.05, 3.63) is 29.0 Å². The normalized spacial score (nSPS) is 25.7. The number of nitrogens with one attached hydrogen (secondary N) is 1. The van der Waals surface area contributed by atoms with Gasteiger partial charge in [0.1, 0.15) is 5.15 Å². The van der Waals surface area contributed by atoms with Crippen molar-refractivity contribution in [3.63, 3.8) is 0 Å². The van der Waals surface area contributed by atoms with Crippen LogP contribution in [0.2, 0.25) is 5.15 Å². The van der Waals surface area contributed by atoms with Crippen LogP contribution in [0, 0.1) is 0 Å². The number of hydrogen-bond donors (Lipinski definition) is 1. The Morgan fingerprint density at radius 3 is 2.60 bits per heavy atom. The first-order chi connectivity index (χ1) is 6.75. The molecular formula is C11H16Cl2N2. The zero-order valence-electron chi connectivity index (χ0n) is 8.84. The van der Waals surface area contributed by atoms with E-state index in [4.69, 9.17) is 11.6 Å². The van der Waals surface area contributed by atoms with E-state index in [0.29, 0.717) is 11.1 Å². The zero-order chi connectivity index (χ0) is 9.97. The number of piperidine rings is 1. The average Bonchev–Trinajstić information content (AvgIpc) is 2.19. The van der Waals surface area contributed by atoms with Crippen molar-refractivity contribution in [1.29, 1.82) is 0 Å². The molecule has 0 atom stereocenters. The second-order valence-electron chi connectivity index (χ2n) is 4.12. The van der Waals surface area contributed by atoms with Crippen LogP contribution in [0.5, 0.6) is 0 Å². The minimum absolute atomic E-state index is 0. The van der Waals surface area contributed by atoms with E-state index in [2.05, 4.69) is 18.1 Å². The molecule has 0 radical (unpaired) electrons. The minimum atomic E-state index is 0. The Balaban J connectivity index is 0.00000112. The standard InChI is InChI=1S/C11H15ClN2.ClH/c1-14-7-5-9(6-8-14)10-3-2-4-11(12)13-10;/h2-4,9H,5-8H2,1H3;1H. The summed E-state index contributed by atoms with van der Waals surface area (Å²) < 4.78 is 0. The molecule has 1 saturated heterocycles. The topological polar surface area (TPSA) is 17.3 Å². The van der Waals surface area contributed by atoms with Crippen molar-refractivity contribution in [1.82, 2.24) is 4.98 Å². The molecule has 1 aliphatic rings. The number of hydrogen-bond acceptors (Lipinski definition) is 1. The molecule has 84 valence electrons. The molecule has 1 aromatic rings. The van der Waals surface area contributed by atoms with Crippen molar-refractivity contribution in [2.24, 2.45) is 0 Å². The van der Waals surface area contributed by atoms with Gasteiger partial charge in [-0.15, -0.1) is 0 Å². The second kappa shape index (κ2) is 5.69. The Bertz CT molecular complexity index is 309. The van der Waals surface area contributed by atoms with E-state index in [0.717, 1.165) is 0 Å². The lowest BCUT2D eigenvalue weighted by Gasteiger charge is -2.25. The van der Waals surface area contributed by atoms with Crippen LogP contribution in [0.1, 0.15) is 24.5 Å². The Labute approximate surface area is 102 Å². The lowest BCUT2D eigenvalue weighted by molar-refractivity contribution is -0.885. The maximum Gasteiger partial charge on any atom is 0.129 e. The molecule has 2 nitrogen and oxygen atoms in total. The van der Waals surface area contributed by atoms with E-state index in [1.54, 1.807) is 4.90 Å². The van der Waals surface area contributed by atoms with Gasteiger partial charge in [0.05, 0.1) is 20.1 Å². The minimum Gasteiger partial charge on any atom is -1.00 e. The van der Waals surface area contributed by atoms with Gasteiger partial charge >= 0.3 is 0 Å². The fourth-order valence-corrected chi connectivity index (χ4v) is 2.23. The molecule has 2 rings (SSSR count). The summed E-state index contributed by atoms with van der Waals surface area (Å²) in [5, 5.41) is 0.619. The molecule has 0 amide bonds. The van der Waals surface area contributed by atoms with Crippen LogP contribution in [-0.2, 0) is 0 Å². The first-order valence-corrected chi connectivity index (χ1v) is 5.57. The van der Waals surface area contributed by atoms with E-state index < -0.39 is 0 Å². The third-order valence-electron chi connectivity index (χ3n) is 2.99. The van der Waals surface area contributed by atoms with Gasteiger partial charge in [0.25, 0.3) is 0 Å². The fourth-order valence-electron chi connectivity index (χ4n) is 2.06. The Morgan fingerprint density at radius 2 is 2.00 bits per heavy atom. The summed E-state index contributed by atoms with van der Waals surface area (Å²) in [5.41, 5.74) is 1.17. The lowest BCUT2D eigenvalue weighted by atomic mass is 9.93. The number of aromatic nitrogens is 1. The number of nitrogens with zero attached hydrogens (tertiary/aromatic N) is 1. The van der Waals surface area contributed by atoms with E-state index in [1.165, 1.54) is 31.6 Å². The van der Waals surface area contributed by atoms with E-state index in [9.17, 15) is 0 Å². The summed E-state index contributed by atoms with van der Waals surface area (Å²) in [6, 6.07) is 5.93. The summed E-state index contributed by atoms with van der Waals surface area (Å²) >= 11 is 5.88. The van der Waals surface area contributed by atoms with Crippen molar-refractivity contribution in [2.45, 2.75) is 18.8 Å². The molecule has 0 spiro atoms. The van der Waals surface area contributed by atoms with Crippen molar-refractivity contribution < 1.29 is 17.3 Å². The van der Waals surface area contributed by atoms with Gasteiger partial charge < -0.3 is 17.3 Å². The molecule has 1 aromatic heterocycles. The molecule has 0 bridgehead atoms. The smallest absolute Gasteiger partial charge is 0.129 e. The molecule has 0 unspecified atom stereocenters. The number of quaternary nitrogens is 1. The summed E-state index contributed by atoms with van der Waals surface area (Å²) in [4.78, 5) is 6.01. The summed E-state index contributed by atoms with van der Waals surface area (Å²) in [6.07, 6.45) is 2.47. The van der Waals surface area contributed by atoms with E-state index in [-0.39, 0.29) is 12.4 Å². The average molecular weight is 247 g/mol. The Hall–Kier alpha value is -0.310. The van der Waals surface area contributed by atoms with E-state index >= 15 is 0 Å². The van der Waals surface area contributed by atoms with Gasteiger partial charge in [-0.25, -0.2) is 4.98 Å². The Morgan fingerprint density at radius 1 is 1.33 bits per heavy atom. The predicted octanol–water partition coefficient (Wildman–Crippen LogP) is -1.87. The van der Waals surface area contributed by atoms with Crippen LogP contribution in [0.25, 0.3) is 0 Å². The molecule has 1 fully saturated rings. The summed E-state index contributed by atoms with van der Waals surface area (Å²) in [5.74, 6) is 0.623. The molecular weight excluding hydrogens is 231 g/mol. The van der Waals surface area contributed by atoms with Crippen LogP contribution in [0.4, 0.5) is 0 Å². The summed E-state index contributed by atoms with van der Waals surface area (Å²) in [7, 11) is 2.25. The van der Waals surface area contributed by atoms with Gasteiger partial charge in [-0.2, -0.15) is 0 Å². The van der Waals surface area contributed by atoms with Gasteiger partial charge in [0.2, 0.25) is 0 Å². The van der Waals surface area contributed by atoms with E-state index in [1.807, 2.05) is 12.1 Å². The largest absolute Gasteiger partial charge is 1.00 e. The second-order valence-corrected chi connectivity index (χ2v) is 4.50. The molecule has 0 aliphatic carbocycles. The van der Waals surface area contributed by atoms with Crippen LogP contribution in [0.15, 0.2) is 18.2 Å². The highest BCUT2D eigenvalue weighted by atomic mass is 35.5. The number of pyridine rings is 1. The predicted molar refractivity (Wildman–Crippen MR) is 57.8 cm³/mol. The highest BCUT2D eigenvalue weighted by molar-refractivity contribution is 6.29. The molecule has 4 heteroatoms. The van der Waals surface area contributed by atoms with Gasteiger partial charge in [0.15, 0.2) is 0 Å². The van der Waals surface area contributed by atoms with Crippen molar-refractivity contribution in [2.75, 3.05) is 20.1 Å². The van der Waals surface area contributed by atoms with Crippen molar-refractivity contribution >= 4 is 11.6 Å². The van der Waals surface area contributed by atoms with Crippen LogP contribution in [-0.4, -0.2) is 25.1 Å². The lowest BCUT2D eigenvalue weighted by Crippen LogP contribution is -3.10. The fraction of sp³-hybridized carbons (Fsp3) is 0.545. The third kappa shape index (κ3) is 3.33. The molecule has 1 N–H and O–H groups in total. The molecule has 2 heterocycles. The van der Waals surface area contributed by atoms with Gasteiger partial charge in [-0.3, -0.25) is 0 Å². The molecule has 0 saturated carbocycles. The molecule has 0 aromatic carbocycles. The zero-order valence-corrected chi connectivity index (χ0v) is 10.4. The summed E-state index contributed by atoms with van der Waals surface area (Å²) in [6.45, 7) is 2.50. The van der Waals surface area contributed by atoms with Gasteiger partial charge in [-0.05, 0) is 12.1 Å². The van der Waals surface area contributed by atoms with Gasteiger partial charge in [0, 0.05) is 24.5 Å². The highest BCUT2D eigenvalue weighted by Crippen LogP contribution is 2.22. The highest BCUT2D eigenvalue weighted by Gasteiger charge is 2.21. The van der Waals surface area contributed by atoms with Crippen LogP contribution < -0.4 is 17.3 Å². The van der Waals surface area contributed by atoms with Gasteiger partial charge in [-0.1, -0.05) is 17.7 Å². The SMILES string of the molecule is C[NH+]1CCC(c2cccc(Cl)n2)CC1.[Cl-]. The first-order valence-electron chi connectivity index (χ1n) is 5.19. The first kappa shape index (κ1) is 12.8. The molecule has 1 aliphatic heterocycles. The maximum atomic E-state index is 5.88. The van der Waals surface area contributed by atoms with Crippen LogP contribution >= 0.6 is 11.6 Å². The monoisotopic (exact) mass is 246 g/mol. The molecule has 15 heavy (non-hydrogen) atoms. The maximum absolute atomic E-state index is 5.88. The number of likely N-dealkylation sites (tertiary alicyclic amines) is 1. The third-order valence-corrected chi connectivity index (χ3v) is 3.20. The number of halogens is 2.